The van der Waals surface area contributed by atoms with Crippen LogP contribution in [0.15, 0.2) is 134 Å². The van der Waals surface area contributed by atoms with Crippen molar-refractivity contribution in [3.8, 4) is 22.3 Å². The molecule has 0 atom stereocenters. The predicted octanol–water partition coefficient (Wildman–Crippen LogP) is 14.2. The molecule has 2 heterocycles. The molecule has 5 aromatic carbocycles. The van der Waals surface area contributed by atoms with Crippen LogP contribution in [0, 0.1) is 5.21 Å². The first-order valence-electron chi connectivity index (χ1n) is 20.3. The standard InChI is InChI=1S/C23H27NO.C23H27N.C7H5ClO3/c1-22(2,3)18-11-17(12-19(13-18)23(4,5)6)21-15-24(25)14-16-9-7-8-10-20(16)21;1-22(2,3)18-11-17(12-19(13-18)23(4,5)6)21-15-24-14-16-9-7-8-10-20(16)21;8-6-3-1-2-5(4-6)7(9)11-10/h7-15H,1-6H3;7-15H,1-6H3;1-4,10H. The summed E-state index contributed by atoms with van der Waals surface area (Å²) in [6, 6.07) is 36.5. The van der Waals surface area contributed by atoms with Gasteiger partial charge < -0.3 is 5.21 Å². The largest absolute Gasteiger partial charge is 0.619 e. The van der Waals surface area contributed by atoms with Gasteiger partial charge in [0, 0.05) is 39.1 Å². The fraction of sp³-hybridized carbons (Fsp3) is 0.302. The summed E-state index contributed by atoms with van der Waals surface area (Å²) in [6.45, 7) is 27.1. The first kappa shape index (κ1) is 45.5. The number of hydrogen-bond acceptors (Lipinski definition) is 5. The third kappa shape index (κ3) is 11.4. The highest BCUT2D eigenvalue weighted by Crippen LogP contribution is 2.37. The van der Waals surface area contributed by atoms with E-state index in [0.29, 0.717) is 5.02 Å². The third-order valence-electron chi connectivity index (χ3n) is 10.5. The van der Waals surface area contributed by atoms with Crippen molar-refractivity contribution in [1.82, 2.24) is 4.98 Å². The van der Waals surface area contributed by atoms with Gasteiger partial charge >= 0.3 is 5.97 Å². The van der Waals surface area contributed by atoms with Gasteiger partial charge in [-0.25, -0.2) is 4.79 Å². The Morgan fingerprint density at radius 1 is 0.567 bits per heavy atom. The van der Waals surface area contributed by atoms with Crippen LogP contribution >= 0.6 is 11.6 Å². The van der Waals surface area contributed by atoms with Crippen LogP contribution in [0.2, 0.25) is 5.02 Å². The van der Waals surface area contributed by atoms with Crippen LogP contribution in [-0.2, 0) is 26.5 Å². The lowest BCUT2D eigenvalue weighted by atomic mass is 9.78. The molecule has 0 amide bonds. The molecule has 0 aliphatic rings. The summed E-state index contributed by atoms with van der Waals surface area (Å²) in [5.41, 5.74) is 10.5. The highest BCUT2D eigenvalue weighted by atomic mass is 35.5. The molecule has 6 nitrogen and oxygen atoms in total. The van der Waals surface area contributed by atoms with Crippen LogP contribution in [0.3, 0.4) is 0 Å². The normalized spacial score (nSPS) is 12.0. The number of nitrogens with zero attached hydrogens (tertiary/aromatic N) is 2. The third-order valence-corrected chi connectivity index (χ3v) is 10.8. The summed E-state index contributed by atoms with van der Waals surface area (Å²) in [5, 5.41) is 25.1. The van der Waals surface area contributed by atoms with Gasteiger partial charge in [0.25, 0.3) is 0 Å². The average Bonchev–Trinajstić information content (AvgIpc) is 3.19. The molecule has 1 N–H and O–H groups in total. The molecule has 2 aromatic heterocycles. The van der Waals surface area contributed by atoms with Crippen LogP contribution in [0.25, 0.3) is 43.8 Å². The Balaban J connectivity index is 0.000000183. The van der Waals surface area contributed by atoms with Gasteiger partial charge in [-0.2, -0.15) is 9.99 Å². The van der Waals surface area contributed by atoms with Gasteiger partial charge in [0.15, 0.2) is 12.4 Å². The summed E-state index contributed by atoms with van der Waals surface area (Å²) in [7, 11) is 0. The van der Waals surface area contributed by atoms with E-state index >= 15 is 0 Å². The molecular weight excluding hydrogens is 764 g/mol. The van der Waals surface area contributed by atoms with Gasteiger partial charge in [0.1, 0.15) is 0 Å². The number of hydrogen-bond donors (Lipinski definition) is 1. The van der Waals surface area contributed by atoms with Gasteiger partial charge in [-0.1, -0.05) is 180 Å². The lowest BCUT2D eigenvalue weighted by Gasteiger charge is -2.26. The van der Waals surface area contributed by atoms with E-state index in [1.807, 2.05) is 30.6 Å². The number of fused-ring (bicyclic) bond motifs is 2. The van der Waals surface area contributed by atoms with Crippen molar-refractivity contribution in [2.45, 2.75) is 105 Å². The summed E-state index contributed by atoms with van der Waals surface area (Å²) >= 11 is 5.56. The second kappa shape index (κ2) is 18.0. The molecule has 0 spiro atoms. The van der Waals surface area contributed by atoms with E-state index < -0.39 is 5.97 Å². The fourth-order valence-corrected chi connectivity index (χ4v) is 6.96. The highest BCUT2D eigenvalue weighted by Gasteiger charge is 2.23. The lowest BCUT2D eigenvalue weighted by Crippen LogP contribution is -2.24. The first-order valence-corrected chi connectivity index (χ1v) is 20.7. The molecule has 7 aromatic rings. The predicted molar refractivity (Wildman–Crippen MR) is 250 cm³/mol. The van der Waals surface area contributed by atoms with Crippen LogP contribution in [0.1, 0.15) is 116 Å². The van der Waals surface area contributed by atoms with Gasteiger partial charge in [0.2, 0.25) is 0 Å². The molecule has 0 saturated heterocycles. The monoisotopic (exact) mass is 822 g/mol. The molecule has 0 bridgehead atoms. The Morgan fingerprint density at radius 2 is 1.02 bits per heavy atom. The maximum Gasteiger partial charge on any atom is 0.372 e. The number of halogens is 1. The van der Waals surface area contributed by atoms with Gasteiger partial charge in [-0.15, -0.1) is 0 Å². The van der Waals surface area contributed by atoms with E-state index in [9.17, 15) is 10.0 Å². The lowest BCUT2D eigenvalue weighted by molar-refractivity contribution is -0.603. The molecule has 7 heteroatoms. The summed E-state index contributed by atoms with van der Waals surface area (Å²) in [6.07, 6.45) is 7.27. The van der Waals surface area contributed by atoms with E-state index in [2.05, 4.69) is 160 Å². The van der Waals surface area contributed by atoms with Gasteiger partial charge in [0.05, 0.1) is 11.1 Å². The number of carbonyl (C=O) groups excluding carboxylic acids is 1. The zero-order chi connectivity index (χ0) is 44.2. The summed E-state index contributed by atoms with van der Waals surface area (Å²) < 4.78 is 0.915. The molecule has 0 radical (unpaired) electrons. The zero-order valence-corrected chi connectivity index (χ0v) is 37.9. The van der Waals surface area contributed by atoms with Crippen molar-refractivity contribution in [3.05, 3.63) is 172 Å². The first-order chi connectivity index (χ1) is 27.9. The Hall–Kier alpha value is -5.56. The van der Waals surface area contributed by atoms with Crippen LogP contribution < -0.4 is 4.73 Å². The van der Waals surface area contributed by atoms with Gasteiger partial charge in [-0.3, -0.25) is 9.87 Å². The maximum atomic E-state index is 12.2. The maximum absolute atomic E-state index is 12.2. The van der Waals surface area contributed by atoms with Gasteiger partial charge in [-0.05, 0) is 84.7 Å². The fourth-order valence-electron chi connectivity index (χ4n) is 6.77. The van der Waals surface area contributed by atoms with Crippen molar-refractivity contribution in [2.75, 3.05) is 0 Å². The summed E-state index contributed by atoms with van der Waals surface area (Å²) in [4.78, 5) is 18.6. The van der Waals surface area contributed by atoms with E-state index in [0.717, 1.165) is 26.6 Å². The Morgan fingerprint density at radius 3 is 1.48 bits per heavy atom. The topological polar surface area (TPSA) is 86.4 Å². The van der Waals surface area contributed by atoms with Crippen molar-refractivity contribution in [3.63, 3.8) is 0 Å². The highest BCUT2D eigenvalue weighted by molar-refractivity contribution is 6.30. The van der Waals surface area contributed by atoms with Crippen molar-refractivity contribution in [2.24, 2.45) is 0 Å². The second-order valence-corrected chi connectivity index (χ2v) is 20.0. The number of carbonyl (C=O) groups is 1. The van der Waals surface area contributed by atoms with E-state index in [1.165, 1.54) is 56.3 Å². The number of aromatic nitrogens is 2. The average molecular weight is 824 g/mol. The van der Waals surface area contributed by atoms with Crippen molar-refractivity contribution < 1.29 is 19.7 Å². The number of rotatable bonds is 3. The van der Waals surface area contributed by atoms with E-state index in [1.54, 1.807) is 24.5 Å². The Kier molecular flexibility index (Phi) is 13.6. The van der Waals surface area contributed by atoms with E-state index in [4.69, 9.17) is 16.9 Å². The number of pyridine rings is 2. The zero-order valence-electron chi connectivity index (χ0n) is 37.1. The molecule has 0 saturated carbocycles. The molecule has 0 aliphatic heterocycles. The Bertz CT molecular complexity index is 2550. The van der Waals surface area contributed by atoms with Crippen molar-refractivity contribution in [1.29, 1.82) is 0 Å². The quantitative estimate of drug-likeness (QED) is 0.0830. The van der Waals surface area contributed by atoms with Crippen molar-refractivity contribution >= 4 is 39.1 Å². The smallest absolute Gasteiger partial charge is 0.372 e. The Labute approximate surface area is 361 Å². The van der Waals surface area contributed by atoms with Crippen LogP contribution in [0.5, 0.6) is 0 Å². The minimum Gasteiger partial charge on any atom is -0.619 e. The molecular formula is C53H59ClN2O4. The minimum atomic E-state index is -0.813. The van der Waals surface area contributed by atoms with Crippen LogP contribution in [-0.4, -0.2) is 16.2 Å². The molecule has 7 rings (SSSR count). The number of benzene rings is 5. The SMILES string of the molecule is CC(C)(C)c1cc(-c2c[n+]([O-])cc3ccccc23)cc(C(C)(C)C)c1.CC(C)(C)c1cc(-c2cncc3ccccc23)cc(C(C)(C)C)c1.O=C(OO)c1cccc(Cl)c1. The van der Waals surface area contributed by atoms with Crippen LogP contribution in [0.4, 0.5) is 0 Å². The molecule has 0 aliphatic carbocycles. The minimum absolute atomic E-state index is 0.0496. The van der Waals surface area contributed by atoms with E-state index in [-0.39, 0.29) is 27.2 Å². The molecule has 0 unspecified atom stereocenters. The summed E-state index contributed by atoms with van der Waals surface area (Å²) in [5.74, 6) is -0.813. The second-order valence-electron chi connectivity index (χ2n) is 19.5. The molecule has 0 fully saturated rings. The molecule has 60 heavy (non-hydrogen) atoms. The molecule has 312 valence electrons.